The number of hydrogen-bond donors (Lipinski definition) is 2. The van der Waals surface area contributed by atoms with Gasteiger partial charge in [0.25, 0.3) is 0 Å². The molecule has 0 amide bonds. The van der Waals surface area contributed by atoms with Crippen LogP contribution in [0.4, 0.5) is 4.39 Å². The van der Waals surface area contributed by atoms with E-state index >= 15 is 0 Å². The molecule has 2 rings (SSSR count). The third-order valence-corrected chi connectivity index (χ3v) is 2.85. The Morgan fingerprint density at radius 1 is 1.16 bits per heavy atom. The van der Waals surface area contributed by atoms with Crippen molar-refractivity contribution in [3.05, 3.63) is 59.4 Å². The second-order valence-electron chi connectivity index (χ2n) is 4.27. The van der Waals surface area contributed by atoms with Crippen molar-refractivity contribution in [1.82, 2.24) is 0 Å². The minimum absolute atomic E-state index is 0.195. The Morgan fingerprint density at radius 3 is 2.58 bits per heavy atom. The van der Waals surface area contributed by atoms with Crippen molar-refractivity contribution < 1.29 is 19.2 Å². The van der Waals surface area contributed by atoms with Crippen LogP contribution in [0.15, 0.2) is 42.5 Å². The summed E-state index contributed by atoms with van der Waals surface area (Å²) in [4.78, 5) is 0. The second kappa shape index (κ2) is 5.86. The van der Waals surface area contributed by atoms with Crippen LogP contribution in [0.5, 0.6) is 5.75 Å². The molecule has 0 aliphatic heterocycles. The molecule has 2 N–H and O–H groups in total. The van der Waals surface area contributed by atoms with Crippen LogP contribution in [0.1, 0.15) is 11.1 Å². The minimum atomic E-state index is -1.53. The van der Waals surface area contributed by atoms with Gasteiger partial charge in [0.15, 0.2) is 0 Å². The lowest BCUT2D eigenvalue weighted by atomic mass is 9.77. The Labute approximate surface area is 111 Å². The van der Waals surface area contributed by atoms with E-state index in [4.69, 9.17) is 4.74 Å². The maximum Gasteiger partial charge on any atom is 0.488 e. The van der Waals surface area contributed by atoms with Gasteiger partial charge >= 0.3 is 7.12 Å². The summed E-state index contributed by atoms with van der Waals surface area (Å²) in [6, 6.07) is 11.2. The molecule has 0 aliphatic carbocycles. The summed E-state index contributed by atoms with van der Waals surface area (Å²) in [6.07, 6.45) is 0. The molecule has 0 heterocycles. The molecular formula is C14H14BFO3. The Balaban J connectivity index is 2.14. The molecule has 0 unspecified atom stereocenters. The van der Waals surface area contributed by atoms with Crippen LogP contribution < -0.4 is 10.2 Å². The van der Waals surface area contributed by atoms with Crippen molar-refractivity contribution in [3.63, 3.8) is 0 Å². The quantitative estimate of drug-likeness (QED) is 0.817. The lowest BCUT2D eigenvalue weighted by molar-refractivity contribution is 0.303. The Hall–Kier alpha value is -1.85. The number of hydrogen-bond acceptors (Lipinski definition) is 3. The summed E-state index contributed by atoms with van der Waals surface area (Å²) in [5.41, 5.74) is 1.78. The first kappa shape index (κ1) is 13.6. The molecule has 0 saturated heterocycles. The van der Waals surface area contributed by atoms with Gasteiger partial charge in [-0.15, -0.1) is 0 Å². The molecule has 98 valence electrons. The first-order valence-corrected chi connectivity index (χ1v) is 5.91. The SMILES string of the molecule is Cc1cc(F)ccc1OCc1ccccc1B(O)O. The van der Waals surface area contributed by atoms with Crippen molar-refractivity contribution in [3.8, 4) is 5.75 Å². The molecular weight excluding hydrogens is 246 g/mol. The fourth-order valence-corrected chi connectivity index (χ4v) is 1.85. The van der Waals surface area contributed by atoms with E-state index in [0.29, 0.717) is 22.3 Å². The van der Waals surface area contributed by atoms with Crippen molar-refractivity contribution >= 4 is 12.6 Å². The zero-order valence-corrected chi connectivity index (χ0v) is 10.5. The van der Waals surface area contributed by atoms with E-state index in [2.05, 4.69) is 0 Å². The van der Waals surface area contributed by atoms with E-state index in [0.717, 1.165) is 0 Å². The zero-order chi connectivity index (χ0) is 13.8. The van der Waals surface area contributed by atoms with Crippen LogP contribution in [0, 0.1) is 12.7 Å². The lowest BCUT2D eigenvalue weighted by Crippen LogP contribution is -2.33. The van der Waals surface area contributed by atoms with E-state index in [9.17, 15) is 14.4 Å². The maximum absolute atomic E-state index is 13.0. The van der Waals surface area contributed by atoms with Gasteiger partial charge in [0.05, 0.1) is 0 Å². The molecule has 0 aromatic heterocycles. The van der Waals surface area contributed by atoms with Gasteiger partial charge < -0.3 is 14.8 Å². The molecule has 0 spiro atoms. The summed E-state index contributed by atoms with van der Waals surface area (Å²) < 4.78 is 18.5. The molecule has 0 fully saturated rings. The third kappa shape index (κ3) is 3.33. The Bertz CT molecular complexity index is 572. The number of rotatable bonds is 4. The fraction of sp³-hybridized carbons (Fsp3) is 0.143. The molecule has 0 radical (unpaired) electrons. The smallest absolute Gasteiger partial charge is 0.488 e. The van der Waals surface area contributed by atoms with E-state index in [-0.39, 0.29) is 12.4 Å². The van der Waals surface area contributed by atoms with Crippen LogP contribution in [-0.4, -0.2) is 17.2 Å². The van der Waals surface area contributed by atoms with Crippen LogP contribution in [0.2, 0.25) is 0 Å². The maximum atomic E-state index is 13.0. The van der Waals surface area contributed by atoms with Crippen LogP contribution in [0.25, 0.3) is 0 Å². The van der Waals surface area contributed by atoms with Crippen molar-refractivity contribution in [2.45, 2.75) is 13.5 Å². The molecule has 2 aromatic rings. The van der Waals surface area contributed by atoms with Gasteiger partial charge in [0, 0.05) is 0 Å². The van der Waals surface area contributed by atoms with Gasteiger partial charge in [0.2, 0.25) is 0 Å². The van der Waals surface area contributed by atoms with Gasteiger partial charge in [0.1, 0.15) is 18.2 Å². The lowest BCUT2D eigenvalue weighted by Gasteiger charge is -2.12. The first-order chi connectivity index (χ1) is 9.08. The normalized spacial score (nSPS) is 10.3. The Morgan fingerprint density at radius 2 is 1.89 bits per heavy atom. The van der Waals surface area contributed by atoms with Gasteiger partial charge in [-0.05, 0) is 41.7 Å². The molecule has 3 nitrogen and oxygen atoms in total. The summed E-state index contributed by atoms with van der Waals surface area (Å²) >= 11 is 0. The van der Waals surface area contributed by atoms with Gasteiger partial charge in [-0.2, -0.15) is 0 Å². The van der Waals surface area contributed by atoms with Crippen molar-refractivity contribution in [1.29, 1.82) is 0 Å². The molecule has 0 aliphatic rings. The molecule has 0 atom stereocenters. The van der Waals surface area contributed by atoms with Gasteiger partial charge in [-0.25, -0.2) is 4.39 Å². The standard InChI is InChI=1S/C14H14BFO3/c1-10-8-12(16)6-7-14(10)19-9-11-4-2-3-5-13(11)15(17)18/h2-8,17-18H,9H2,1H3. The second-order valence-corrected chi connectivity index (χ2v) is 4.27. The number of benzene rings is 2. The molecule has 19 heavy (non-hydrogen) atoms. The monoisotopic (exact) mass is 260 g/mol. The van der Waals surface area contributed by atoms with E-state index in [1.54, 1.807) is 37.3 Å². The summed E-state index contributed by atoms with van der Waals surface area (Å²) in [5, 5.41) is 18.5. The predicted octanol–water partition coefficient (Wildman–Crippen LogP) is 1.39. The predicted molar refractivity (Wildman–Crippen MR) is 71.7 cm³/mol. The number of aryl methyl sites for hydroxylation is 1. The van der Waals surface area contributed by atoms with Crippen LogP contribution in [0.3, 0.4) is 0 Å². The highest BCUT2D eigenvalue weighted by atomic mass is 19.1. The van der Waals surface area contributed by atoms with Crippen LogP contribution in [-0.2, 0) is 6.61 Å². The van der Waals surface area contributed by atoms with E-state index in [1.165, 1.54) is 12.1 Å². The van der Waals surface area contributed by atoms with Gasteiger partial charge in [-0.3, -0.25) is 0 Å². The average molecular weight is 260 g/mol. The molecule has 0 bridgehead atoms. The van der Waals surface area contributed by atoms with E-state index < -0.39 is 7.12 Å². The average Bonchev–Trinajstić information content (AvgIpc) is 2.38. The molecule has 5 heteroatoms. The largest absolute Gasteiger partial charge is 0.489 e. The van der Waals surface area contributed by atoms with Crippen molar-refractivity contribution in [2.24, 2.45) is 0 Å². The fourth-order valence-electron chi connectivity index (χ4n) is 1.85. The first-order valence-electron chi connectivity index (χ1n) is 5.91. The van der Waals surface area contributed by atoms with E-state index in [1.807, 2.05) is 0 Å². The Kier molecular flexibility index (Phi) is 4.19. The molecule has 2 aromatic carbocycles. The van der Waals surface area contributed by atoms with Crippen LogP contribution >= 0.6 is 0 Å². The summed E-state index contributed by atoms with van der Waals surface area (Å²) in [5.74, 6) is 0.264. The third-order valence-electron chi connectivity index (χ3n) is 2.85. The molecule has 0 saturated carbocycles. The number of ether oxygens (including phenoxy) is 1. The highest BCUT2D eigenvalue weighted by Gasteiger charge is 2.15. The van der Waals surface area contributed by atoms with Crippen molar-refractivity contribution in [2.75, 3.05) is 0 Å². The highest BCUT2D eigenvalue weighted by Crippen LogP contribution is 2.19. The summed E-state index contributed by atoms with van der Waals surface area (Å²) in [6.45, 7) is 1.95. The zero-order valence-electron chi connectivity index (χ0n) is 10.5. The topological polar surface area (TPSA) is 49.7 Å². The minimum Gasteiger partial charge on any atom is -0.489 e. The van der Waals surface area contributed by atoms with Gasteiger partial charge in [-0.1, -0.05) is 24.3 Å². The number of halogens is 1. The highest BCUT2D eigenvalue weighted by molar-refractivity contribution is 6.59. The summed E-state index contributed by atoms with van der Waals surface area (Å²) in [7, 11) is -1.53.